The first-order chi connectivity index (χ1) is 13.2. The number of nitriles is 1. The maximum atomic E-state index is 10.4. The fourth-order valence-electron chi connectivity index (χ4n) is 5.14. The van der Waals surface area contributed by atoms with E-state index in [-0.39, 0.29) is 0 Å². The summed E-state index contributed by atoms with van der Waals surface area (Å²) in [6, 6.07) is 19.2. The second kappa shape index (κ2) is 7.82. The molecule has 1 saturated carbocycles. The molecule has 2 atom stereocenters. The van der Waals surface area contributed by atoms with Crippen molar-refractivity contribution in [3.8, 4) is 6.07 Å². The Bertz CT molecular complexity index is 719. The van der Waals surface area contributed by atoms with Crippen molar-refractivity contribution < 1.29 is 0 Å². The summed E-state index contributed by atoms with van der Waals surface area (Å²) in [4.78, 5) is 7.28. The highest BCUT2D eigenvalue weighted by Gasteiger charge is 2.40. The molecule has 27 heavy (non-hydrogen) atoms. The van der Waals surface area contributed by atoms with Crippen LogP contribution in [-0.2, 0) is 5.41 Å². The van der Waals surface area contributed by atoms with Crippen LogP contribution in [0.2, 0.25) is 0 Å². The number of rotatable bonds is 5. The minimum atomic E-state index is -0.701. The van der Waals surface area contributed by atoms with E-state index >= 15 is 0 Å². The van der Waals surface area contributed by atoms with E-state index in [0.29, 0.717) is 6.04 Å². The number of hydrogen-bond donors (Lipinski definition) is 0. The Morgan fingerprint density at radius 1 is 1.04 bits per heavy atom. The van der Waals surface area contributed by atoms with Gasteiger partial charge < -0.3 is 4.90 Å². The minimum absolute atomic E-state index is 0.355. The predicted octanol–water partition coefficient (Wildman–Crippen LogP) is 4.79. The molecule has 2 bridgehead atoms. The second-order valence-electron chi connectivity index (χ2n) is 8.49. The van der Waals surface area contributed by atoms with E-state index < -0.39 is 5.41 Å². The number of aromatic nitrogens is 1. The highest BCUT2D eigenvalue weighted by atomic mass is 15.2. The molecule has 3 heteroatoms. The van der Waals surface area contributed by atoms with Gasteiger partial charge in [0.15, 0.2) is 0 Å². The summed E-state index contributed by atoms with van der Waals surface area (Å²) in [7, 11) is 0. The third kappa shape index (κ3) is 3.64. The van der Waals surface area contributed by atoms with Gasteiger partial charge in [-0.2, -0.15) is 5.26 Å². The first-order valence-electron chi connectivity index (χ1n) is 10.3. The lowest BCUT2D eigenvalue weighted by molar-refractivity contribution is 0.171. The monoisotopic (exact) mass is 359 g/mol. The number of benzene rings is 1. The third-order valence-electron chi connectivity index (χ3n) is 6.74. The molecule has 2 saturated heterocycles. The Hall–Kier alpha value is -2.18. The van der Waals surface area contributed by atoms with E-state index in [0.717, 1.165) is 29.5 Å². The summed E-state index contributed by atoms with van der Waals surface area (Å²) < 4.78 is 0. The average molecular weight is 360 g/mol. The Labute approximate surface area is 163 Å². The largest absolute Gasteiger partial charge is 0.300 e. The molecular formula is C24H29N3. The van der Waals surface area contributed by atoms with Crippen molar-refractivity contribution in [1.82, 2.24) is 9.88 Å². The minimum Gasteiger partial charge on any atom is -0.300 e. The Kier molecular flexibility index (Phi) is 5.27. The smallest absolute Gasteiger partial charge is 0.126 e. The summed E-state index contributed by atoms with van der Waals surface area (Å²) in [6.45, 7) is 4.69. The third-order valence-corrected chi connectivity index (χ3v) is 6.74. The maximum absolute atomic E-state index is 10.4. The zero-order chi connectivity index (χ0) is 18.7. The fraction of sp³-hybridized carbons (Fsp3) is 0.500. The normalized spacial score (nSPS) is 25.9. The Morgan fingerprint density at radius 2 is 1.67 bits per heavy atom. The summed E-state index contributed by atoms with van der Waals surface area (Å²) in [5.74, 6) is 1.68. The van der Waals surface area contributed by atoms with Gasteiger partial charge in [-0.3, -0.25) is 4.98 Å². The van der Waals surface area contributed by atoms with Crippen LogP contribution in [0.5, 0.6) is 0 Å². The van der Waals surface area contributed by atoms with Crippen LogP contribution in [0.25, 0.3) is 0 Å². The van der Waals surface area contributed by atoms with E-state index in [1.165, 1.54) is 38.8 Å². The zero-order valence-corrected chi connectivity index (χ0v) is 16.2. The second-order valence-corrected chi connectivity index (χ2v) is 8.49. The fourth-order valence-corrected chi connectivity index (χ4v) is 5.14. The van der Waals surface area contributed by atoms with Crippen LogP contribution in [0, 0.1) is 23.2 Å². The first-order valence-corrected chi connectivity index (χ1v) is 10.3. The molecular weight excluding hydrogens is 330 g/mol. The van der Waals surface area contributed by atoms with Gasteiger partial charge in [0.2, 0.25) is 0 Å². The molecule has 3 heterocycles. The van der Waals surface area contributed by atoms with Crippen LogP contribution in [0.1, 0.15) is 50.3 Å². The van der Waals surface area contributed by atoms with Gasteiger partial charge in [-0.1, -0.05) is 36.4 Å². The lowest BCUT2D eigenvalue weighted by Gasteiger charge is -2.36. The Balaban J connectivity index is 1.66. The van der Waals surface area contributed by atoms with E-state index in [2.05, 4.69) is 35.0 Å². The van der Waals surface area contributed by atoms with Crippen LogP contribution >= 0.6 is 0 Å². The molecule has 3 fully saturated rings. The molecule has 140 valence electrons. The molecule has 3 aliphatic rings. The number of nitrogens with zero attached hydrogens (tertiary/aromatic N) is 3. The molecule has 2 aliphatic heterocycles. The molecule has 2 unspecified atom stereocenters. The van der Waals surface area contributed by atoms with Crippen molar-refractivity contribution >= 4 is 0 Å². The van der Waals surface area contributed by atoms with Crippen molar-refractivity contribution in [2.24, 2.45) is 11.8 Å². The van der Waals surface area contributed by atoms with E-state index in [1.807, 2.05) is 36.4 Å². The summed E-state index contributed by atoms with van der Waals surface area (Å²) >= 11 is 0. The van der Waals surface area contributed by atoms with Crippen LogP contribution in [0.15, 0.2) is 54.7 Å². The molecule has 5 rings (SSSR count). The highest BCUT2D eigenvalue weighted by molar-refractivity contribution is 5.43. The summed E-state index contributed by atoms with van der Waals surface area (Å²) in [5.41, 5.74) is 1.21. The SMILES string of the molecule is CC(CC(C#N)(c1ccccc1)c1ccccn1)N1CC2CCC(CC2)C1. The number of fused-ring (bicyclic) bond motifs is 4. The van der Waals surface area contributed by atoms with Crippen molar-refractivity contribution in [2.45, 2.75) is 50.5 Å². The van der Waals surface area contributed by atoms with Gasteiger partial charge in [-0.25, -0.2) is 0 Å². The van der Waals surface area contributed by atoms with Gasteiger partial charge in [0.1, 0.15) is 5.41 Å². The van der Waals surface area contributed by atoms with E-state index in [4.69, 9.17) is 0 Å². The highest BCUT2D eigenvalue weighted by Crippen LogP contribution is 2.39. The van der Waals surface area contributed by atoms with Gasteiger partial charge in [-0.05, 0) is 68.6 Å². The molecule has 0 amide bonds. The van der Waals surface area contributed by atoms with Crippen LogP contribution in [0.3, 0.4) is 0 Å². The van der Waals surface area contributed by atoms with Gasteiger partial charge in [0.05, 0.1) is 11.8 Å². The standard InChI is InChI=1S/C24H29N3/c1-19(27-16-20-10-11-21(17-27)13-12-20)15-24(18-25,22-7-3-2-4-8-22)23-9-5-6-14-26-23/h2-9,14,19-21H,10-13,15-17H2,1H3. The van der Waals surface area contributed by atoms with Crippen molar-refractivity contribution in [3.05, 3.63) is 66.0 Å². The van der Waals surface area contributed by atoms with Crippen LogP contribution in [-0.4, -0.2) is 29.0 Å². The van der Waals surface area contributed by atoms with Crippen molar-refractivity contribution in [1.29, 1.82) is 5.26 Å². The quantitative estimate of drug-likeness (QED) is 0.770. The molecule has 0 N–H and O–H groups in total. The Morgan fingerprint density at radius 3 is 2.22 bits per heavy atom. The first kappa shape index (κ1) is 18.2. The van der Waals surface area contributed by atoms with Gasteiger partial charge in [0, 0.05) is 25.3 Å². The van der Waals surface area contributed by atoms with Crippen LogP contribution in [0.4, 0.5) is 0 Å². The average Bonchev–Trinajstić information content (AvgIpc) is 3.07. The lowest BCUT2D eigenvalue weighted by atomic mass is 9.73. The summed E-state index contributed by atoms with van der Waals surface area (Å²) in [6.07, 6.45) is 8.13. The molecule has 2 aromatic rings. The lowest BCUT2D eigenvalue weighted by Crippen LogP contribution is -2.42. The molecule has 1 aliphatic carbocycles. The number of pyridine rings is 1. The van der Waals surface area contributed by atoms with Crippen molar-refractivity contribution in [3.63, 3.8) is 0 Å². The van der Waals surface area contributed by atoms with Crippen LogP contribution < -0.4 is 0 Å². The molecule has 3 nitrogen and oxygen atoms in total. The number of hydrogen-bond acceptors (Lipinski definition) is 3. The molecule has 1 aromatic heterocycles. The van der Waals surface area contributed by atoms with Gasteiger partial charge in [-0.15, -0.1) is 0 Å². The predicted molar refractivity (Wildman–Crippen MR) is 108 cm³/mol. The zero-order valence-electron chi connectivity index (χ0n) is 16.2. The van der Waals surface area contributed by atoms with Crippen molar-refractivity contribution in [2.75, 3.05) is 13.1 Å². The van der Waals surface area contributed by atoms with E-state index in [9.17, 15) is 5.26 Å². The molecule has 1 aromatic carbocycles. The topological polar surface area (TPSA) is 39.9 Å². The molecule has 0 radical (unpaired) electrons. The maximum Gasteiger partial charge on any atom is 0.126 e. The van der Waals surface area contributed by atoms with Gasteiger partial charge in [0.25, 0.3) is 0 Å². The van der Waals surface area contributed by atoms with Gasteiger partial charge >= 0.3 is 0 Å². The molecule has 0 spiro atoms. The van der Waals surface area contributed by atoms with E-state index in [1.54, 1.807) is 6.20 Å². The summed E-state index contributed by atoms with van der Waals surface area (Å²) in [5, 5.41) is 10.4.